The molecule has 1 rings (SSSR count). The van der Waals surface area contributed by atoms with Crippen LogP contribution in [0, 0.1) is 18.2 Å². The Bertz CT molecular complexity index is 450. The maximum absolute atomic E-state index is 13.2. The smallest absolute Gasteiger partial charge is 0.255 e. The van der Waals surface area contributed by atoms with Gasteiger partial charge in [0.05, 0.1) is 12.7 Å². The van der Waals surface area contributed by atoms with Crippen LogP contribution in [-0.4, -0.2) is 19.6 Å². The monoisotopic (exact) mass is 253 g/mol. The number of aryl methyl sites for hydroxylation is 1. The Labute approximate surface area is 107 Å². The lowest BCUT2D eigenvalue weighted by Crippen LogP contribution is -2.32. The molecule has 100 valence electrons. The van der Waals surface area contributed by atoms with Gasteiger partial charge in [-0.2, -0.15) is 0 Å². The van der Waals surface area contributed by atoms with Crippen LogP contribution in [0.3, 0.4) is 0 Å². The van der Waals surface area contributed by atoms with Crippen LogP contribution < -0.4 is 10.1 Å². The van der Waals surface area contributed by atoms with E-state index in [2.05, 4.69) is 5.32 Å². The highest BCUT2D eigenvalue weighted by Gasteiger charge is 2.19. The molecule has 0 aromatic heterocycles. The number of carbonyl (C=O) groups excluding carboxylic acids is 1. The number of rotatable bonds is 3. The van der Waals surface area contributed by atoms with Crippen LogP contribution in [-0.2, 0) is 0 Å². The number of hydrogen-bond donors (Lipinski definition) is 1. The third-order valence-electron chi connectivity index (χ3n) is 2.49. The van der Waals surface area contributed by atoms with Crippen molar-refractivity contribution in [3.63, 3.8) is 0 Å². The second kappa shape index (κ2) is 5.38. The van der Waals surface area contributed by atoms with E-state index < -0.39 is 5.82 Å². The highest BCUT2D eigenvalue weighted by molar-refractivity contribution is 5.98. The first kappa shape index (κ1) is 14.5. The molecule has 3 nitrogen and oxygen atoms in total. The summed E-state index contributed by atoms with van der Waals surface area (Å²) >= 11 is 0. The molecule has 0 radical (unpaired) electrons. The molecule has 0 bridgehead atoms. The standard InChI is InChI=1S/C14H20FNO2/c1-9-6-10(15)7-11(18-5)12(9)13(17)16-8-14(2,3)4/h6-7H,8H2,1-5H3,(H,16,17). The summed E-state index contributed by atoms with van der Waals surface area (Å²) in [5, 5.41) is 2.83. The fraction of sp³-hybridized carbons (Fsp3) is 0.500. The minimum absolute atomic E-state index is 0.00314. The molecule has 1 N–H and O–H groups in total. The summed E-state index contributed by atoms with van der Waals surface area (Å²) in [7, 11) is 1.43. The minimum Gasteiger partial charge on any atom is -0.496 e. The second-order valence-electron chi connectivity index (χ2n) is 5.54. The van der Waals surface area contributed by atoms with E-state index in [0.29, 0.717) is 17.7 Å². The zero-order chi connectivity index (χ0) is 13.9. The van der Waals surface area contributed by atoms with Crippen LogP contribution in [0.5, 0.6) is 5.75 Å². The summed E-state index contributed by atoms with van der Waals surface area (Å²) in [4.78, 5) is 12.1. The Morgan fingerprint density at radius 3 is 2.50 bits per heavy atom. The Morgan fingerprint density at radius 2 is 2.00 bits per heavy atom. The third-order valence-corrected chi connectivity index (χ3v) is 2.49. The van der Waals surface area contributed by atoms with Crippen LogP contribution in [0.15, 0.2) is 12.1 Å². The zero-order valence-corrected chi connectivity index (χ0v) is 11.6. The number of halogens is 1. The van der Waals surface area contributed by atoms with Crippen molar-refractivity contribution in [2.75, 3.05) is 13.7 Å². The van der Waals surface area contributed by atoms with Crippen molar-refractivity contribution >= 4 is 5.91 Å². The lowest BCUT2D eigenvalue weighted by Gasteiger charge is -2.20. The molecule has 1 amide bonds. The summed E-state index contributed by atoms with van der Waals surface area (Å²) in [5.74, 6) is -0.380. The minimum atomic E-state index is -0.406. The van der Waals surface area contributed by atoms with E-state index in [4.69, 9.17) is 4.74 Å². The predicted molar refractivity (Wildman–Crippen MR) is 69.5 cm³/mol. The molecule has 0 fully saturated rings. The fourth-order valence-corrected chi connectivity index (χ4v) is 1.60. The molecule has 0 heterocycles. The second-order valence-corrected chi connectivity index (χ2v) is 5.54. The van der Waals surface area contributed by atoms with Crippen LogP contribution in [0.1, 0.15) is 36.7 Å². The highest BCUT2D eigenvalue weighted by Crippen LogP contribution is 2.24. The van der Waals surface area contributed by atoms with Gasteiger partial charge in [-0.3, -0.25) is 4.79 Å². The molecule has 1 aromatic rings. The van der Waals surface area contributed by atoms with Crippen LogP contribution in [0.25, 0.3) is 0 Å². The summed E-state index contributed by atoms with van der Waals surface area (Å²) in [6.07, 6.45) is 0. The predicted octanol–water partition coefficient (Wildman–Crippen LogP) is 2.92. The molecule has 1 aromatic carbocycles. The van der Waals surface area contributed by atoms with E-state index in [0.717, 1.165) is 0 Å². The average Bonchev–Trinajstić information content (AvgIpc) is 2.23. The molecule has 0 spiro atoms. The number of nitrogens with one attached hydrogen (secondary N) is 1. The molecule has 0 aliphatic carbocycles. The van der Waals surface area contributed by atoms with Crippen molar-refractivity contribution in [2.24, 2.45) is 5.41 Å². The van der Waals surface area contributed by atoms with Gasteiger partial charge in [0.2, 0.25) is 0 Å². The maximum Gasteiger partial charge on any atom is 0.255 e. The van der Waals surface area contributed by atoms with E-state index in [1.165, 1.54) is 19.2 Å². The zero-order valence-electron chi connectivity index (χ0n) is 11.6. The molecule has 18 heavy (non-hydrogen) atoms. The Kier molecular flexibility index (Phi) is 4.33. The van der Waals surface area contributed by atoms with E-state index in [1.807, 2.05) is 20.8 Å². The van der Waals surface area contributed by atoms with Gasteiger partial charge in [-0.1, -0.05) is 20.8 Å². The first-order chi connectivity index (χ1) is 8.24. The largest absolute Gasteiger partial charge is 0.496 e. The quantitative estimate of drug-likeness (QED) is 0.899. The van der Waals surface area contributed by atoms with Crippen molar-refractivity contribution in [1.82, 2.24) is 5.32 Å². The molecule has 0 unspecified atom stereocenters. The van der Waals surface area contributed by atoms with Crippen molar-refractivity contribution in [3.8, 4) is 5.75 Å². The summed E-state index contributed by atoms with van der Waals surface area (Å²) in [6, 6.07) is 2.55. The number of methoxy groups -OCH3 is 1. The summed E-state index contributed by atoms with van der Waals surface area (Å²) in [6.45, 7) is 8.33. The number of ether oxygens (including phenoxy) is 1. The van der Waals surface area contributed by atoms with Gasteiger partial charge in [-0.15, -0.1) is 0 Å². The van der Waals surface area contributed by atoms with E-state index in [-0.39, 0.29) is 17.1 Å². The lowest BCUT2D eigenvalue weighted by molar-refractivity contribution is 0.0935. The van der Waals surface area contributed by atoms with Gasteiger partial charge >= 0.3 is 0 Å². The number of hydrogen-bond acceptors (Lipinski definition) is 2. The van der Waals surface area contributed by atoms with Crippen LogP contribution in [0.2, 0.25) is 0 Å². The summed E-state index contributed by atoms with van der Waals surface area (Å²) in [5.41, 5.74) is 0.956. The van der Waals surface area contributed by atoms with Gasteiger partial charge in [-0.05, 0) is 24.0 Å². The molecule has 0 aliphatic heterocycles. The van der Waals surface area contributed by atoms with E-state index in [9.17, 15) is 9.18 Å². The fourth-order valence-electron chi connectivity index (χ4n) is 1.60. The highest BCUT2D eigenvalue weighted by atomic mass is 19.1. The van der Waals surface area contributed by atoms with E-state index >= 15 is 0 Å². The van der Waals surface area contributed by atoms with Gasteiger partial charge in [0.1, 0.15) is 11.6 Å². The van der Waals surface area contributed by atoms with E-state index in [1.54, 1.807) is 6.92 Å². The molecule has 0 aliphatic rings. The van der Waals surface area contributed by atoms with Gasteiger partial charge in [0, 0.05) is 12.6 Å². The topological polar surface area (TPSA) is 38.3 Å². The maximum atomic E-state index is 13.2. The Balaban J connectivity index is 2.98. The normalized spacial score (nSPS) is 11.2. The van der Waals surface area contributed by atoms with Crippen molar-refractivity contribution in [2.45, 2.75) is 27.7 Å². The van der Waals surface area contributed by atoms with Gasteiger partial charge in [0.25, 0.3) is 5.91 Å². The summed E-state index contributed by atoms with van der Waals surface area (Å²) < 4.78 is 18.3. The number of carbonyl (C=O) groups is 1. The SMILES string of the molecule is COc1cc(F)cc(C)c1C(=O)NCC(C)(C)C. The van der Waals surface area contributed by atoms with Crippen molar-refractivity contribution < 1.29 is 13.9 Å². The Morgan fingerprint density at radius 1 is 1.39 bits per heavy atom. The molecule has 0 atom stereocenters. The molecule has 0 saturated heterocycles. The van der Waals surface area contributed by atoms with Gasteiger partial charge in [-0.25, -0.2) is 4.39 Å². The number of amides is 1. The Hall–Kier alpha value is -1.58. The van der Waals surface area contributed by atoms with Gasteiger partial charge in [0.15, 0.2) is 0 Å². The molecule has 0 saturated carbocycles. The van der Waals surface area contributed by atoms with Crippen LogP contribution in [0.4, 0.5) is 4.39 Å². The lowest BCUT2D eigenvalue weighted by atomic mass is 9.96. The first-order valence-corrected chi connectivity index (χ1v) is 5.87. The number of benzene rings is 1. The molecular formula is C14H20FNO2. The third kappa shape index (κ3) is 3.72. The first-order valence-electron chi connectivity index (χ1n) is 5.87. The van der Waals surface area contributed by atoms with Crippen molar-refractivity contribution in [1.29, 1.82) is 0 Å². The molecule has 4 heteroatoms. The molecular weight excluding hydrogens is 233 g/mol. The van der Waals surface area contributed by atoms with Crippen molar-refractivity contribution in [3.05, 3.63) is 29.1 Å². The van der Waals surface area contributed by atoms with Crippen LogP contribution >= 0.6 is 0 Å². The van der Waals surface area contributed by atoms with Gasteiger partial charge < -0.3 is 10.1 Å². The average molecular weight is 253 g/mol.